The molecule has 0 aromatic heterocycles. The van der Waals surface area contributed by atoms with Crippen molar-refractivity contribution in [3.8, 4) is 11.5 Å². The Morgan fingerprint density at radius 2 is 1.96 bits per heavy atom. The van der Waals surface area contributed by atoms with Crippen LogP contribution < -0.4 is 20.1 Å². The van der Waals surface area contributed by atoms with Crippen molar-refractivity contribution < 1.29 is 9.47 Å². The van der Waals surface area contributed by atoms with Crippen LogP contribution in [0.25, 0.3) is 0 Å². The first kappa shape index (κ1) is 22.5. The second-order valence-corrected chi connectivity index (χ2v) is 6.89. The highest BCUT2D eigenvalue weighted by Gasteiger charge is 2.05. The first-order valence-electron chi connectivity index (χ1n) is 9.55. The number of nitrogens with one attached hydrogen (secondary N) is 2. The monoisotopic (exact) mass is 381 g/mol. The Balaban J connectivity index is 2.43. The summed E-state index contributed by atoms with van der Waals surface area (Å²) in [7, 11) is 1.67. The lowest BCUT2D eigenvalue weighted by molar-refractivity contribution is 0.310. The Kier molecular flexibility index (Phi) is 12.6. The molecule has 0 aliphatic carbocycles. The van der Waals surface area contributed by atoms with E-state index in [1.165, 1.54) is 24.2 Å². The highest BCUT2D eigenvalue weighted by molar-refractivity contribution is 7.98. The van der Waals surface area contributed by atoms with Crippen LogP contribution in [0.5, 0.6) is 11.5 Å². The second-order valence-electron chi connectivity index (χ2n) is 5.91. The number of unbranched alkanes of at least 4 members (excludes halogenated alkanes) is 1. The number of nitrogens with zero attached hydrogens (tertiary/aromatic N) is 1. The van der Waals surface area contributed by atoms with E-state index in [-0.39, 0.29) is 0 Å². The van der Waals surface area contributed by atoms with E-state index in [1.807, 2.05) is 24.8 Å². The number of aliphatic imine (C=N–C) groups is 1. The van der Waals surface area contributed by atoms with Crippen molar-refractivity contribution in [2.75, 3.05) is 45.4 Å². The van der Waals surface area contributed by atoms with Gasteiger partial charge in [-0.15, -0.1) is 0 Å². The van der Waals surface area contributed by atoms with Crippen LogP contribution in [0.2, 0.25) is 0 Å². The van der Waals surface area contributed by atoms with Gasteiger partial charge in [-0.3, -0.25) is 4.99 Å². The predicted octanol–water partition coefficient (Wildman–Crippen LogP) is 3.72. The molecule has 1 aromatic rings. The number of guanidine groups is 1. The summed E-state index contributed by atoms with van der Waals surface area (Å²) in [6.45, 7) is 7.37. The van der Waals surface area contributed by atoms with Crippen molar-refractivity contribution >= 4 is 17.7 Å². The highest BCUT2D eigenvalue weighted by Crippen LogP contribution is 2.28. The minimum atomic E-state index is 0.638. The minimum absolute atomic E-state index is 0.638. The average molecular weight is 382 g/mol. The largest absolute Gasteiger partial charge is 0.493 e. The van der Waals surface area contributed by atoms with E-state index in [4.69, 9.17) is 9.47 Å². The molecule has 6 heteroatoms. The van der Waals surface area contributed by atoms with E-state index < -0.39 is 0 Å². The first-order chi connectivity index (χ1) is 12.7. The highest BCUT2D eigenvalue weighted by atomic mass is 32.2. The molecule has 0 saturated heterocycles. The zero-order valence-electron chi connectivity index (χ0n) is 16.8. The summed E-state index contributed by atoms with van der Waals surface area (Å²) in [6, 6.07) is 6.14. The van der Waals surface area contributed by atoms with Crippen LogP contribution in [-0.2, 0) is 6.42 Å². The van der Waals surface area contributed by atoms with Crippen LogP contribution >= 0.6 is 11.8 Å². The van der Waals surface area contributed by atoms with Gasteiger partial charge in [0.05, 0.1) is 13.7 Å². The molecule has 1 rings (SSSR count). The fourth-order valence-electron chi connectivity index (χ4n) is 2.54. The quantitative estimate of drug-likeness (QED) is 0.310. The van der Waals surface area contributed by atoms with Gasteiger partial charge in [-0.1, -0.05) is 6.07 Å². The molecule has 148 valence electrons. The molecule has 0 unspecified atom stereocenters. The zero-order chi connectivity index (χ0) is 19.0. The van der Waals surface area contributed by atoms with Gasteiger partial charge in [-0.25, -0.2) is 0 Å². The minimum Gasteiger partial charge on any atom is -0.493 e. The smallest absolute Gasteiger partial charge is 0.191 e. The SMILES string of the molecule is CCNC(=NCCCc1ccc(OC)c(OCC)c1)NCCCCSC. The van der Waals surface area contributed by atoms with E-state index in [0.717, 1.165) is 49.9 Å². The van der Waals surface area contributed by atoms with Crippen LogP contribution in [0.3, 0.4) is 0 Å². The number of ether oxygens (including phenoxy) is 2. The van der Waals surface area contributed by atoms with Gasteiger partial charge < -0.3 is 20.1 Å². The van der Waals surface area contributed by atoms with Gasteiger partial charge >= 0.3 is 0 Å². The molecule has 0 spiro atoms. The molecule has 0 atom stereocenters. The van der Waals surface area contributed by atoms with Crippen molar-refractivity contribution in [2.24, 2.45) is 4.99 Å². The van der Waals surface area contributed by atoms with Gasteiger partial charge in [0.15, 0.2) is 17.5 Å². The van der Waals surface area contributed by atoms with Gasteiger partial charge in [0, 0.05) is 19.6 Å². The summed E-state index contributed by atoms with van der Waals surface area (Å²) in [5.41, 5.74) is 1.25. The maximum absolute atomic E-state index is 5.64. The molecular formula is C20H35N3O2S. The van der Waals surface area contributed by atoms with Gasteiger partial charge in [0.25, 0.3) is 0 Å². The lowest BCUT2D eigenvalue weighted by atomic mass is 10.1. The maximum Gasteiger partial charge on any atom is 0.191 e. The van der Waals surface area contributed by atoms with E-state index in [1.54, 1.807) is 7.11 Å². The molecule has 1 aromatic carbocycles. The molecule has 0 aliphatic heterocycles. The summed E-state index contributed by atoms with van der Waals surface area (Å²) in [5.74, 6) is 3.74. The molecular weight excluding hydrogens is 346 g/mol. The number of hydrogen-bond donors (Lipinski definition) is 2. The number of methoxy groups -OCH3 is 1. The Morgan fingerprint density at radius 1 is 1.12 bits per heavy atom. The fraction of sp³-hybridized carbons (Fsp3) is 0.650. The molecule has 0 radical (unpaired) electrons. The normalized spacial score (nSPS) is 11.3. The second kappa shape index (κ2) is 14.6. The third kappa shape index (κ3) is 9.22. The molecule has 26 heavy (non-hydrogen) atoms. The molecule has 0 heterocycles. The summed E-state index contributed by atoms with van der Waals surface area (Å²) in [4.78, 5) is 4.67. The van der Waals surface area contributed by atoms with Crippen LogP contribution in [0.1, 0.15) is 38.7 Å². The van der Waals surface area contributed by atoms with E-state index in [0.29, 0.717) is 6.61 Å². The number of rotatable bonds is 13. The van der Waals surface area contributed by atoms with E-state index in [9.17, 15) is 0 Å². The average Bonchev–Trinajstić information content (AvgIpc) is 2.65. The fourth-order valence-corrected chi connectivity index (χ4v) is 3.03. The van der Waals surface area contributed by atoms with Gasteiger partial charge in [0.2, 0.25) is 0 Å². The van der Waals surface area contributed by atoms with Crippen LogP contribution in [-0.4, -0.2) is 51.3 Å². The van der Waals surface area contributed by atoms with Crippen molar-refractivity contribution in [3.63, 3.8) is 0 Å². The lowest BCUT2D eigenvalue weighted by Gasteiger charge is -2.12. The van der Waals surface area contributed by atoms with Gasteiger partial charge in [-0.2, -0.15) is 11.8 Å². The molecule has 0 amide bonds. The molecule has 0 fully saturated rings. The Morgan fingerprint density at radius 3 is 2.65 bits per heavy atom. The summed E-state index contributed by atoms with van der Waals surface area (Å²) in [5, 5.41) is 6.72. The van der Waals surface area contributed by atoms with Gasteiger partial charge in [-0.05, 0) is 69.2 Å². The topological polar surface area (TPSA) is 54.9 Å². The number of aryl methyl sites for hydroxylation is 1. The molecule has 0 saturated carbocycles. The lowest BCUT2D eigenvalue weighted by Crippen LogP contribution is -2.37. The zero-order valence-corrected chi connectivity index (χ0v) is 17.6. The van der Waals surface area contributed by atoms with Crippen molar-refractivity contribution in [1.82, 2.24) is 10.6 Å². The van der Waals surface area contributed by atoms with Crippen LogP contribution in [0.15, 0.2) is 23.2 Å². The van der Waals surface area contributed by atoms with Crippen LogP contribution in [0, 0.1) is 0 Å². The number of hydrogen-bond acceptors (Lipinski definition) is 4. The number of thioether (sulfide) groups is 1. The predicted molar refractivity (Wildman–Crippen MR) is 114 cm³/mol. The Bertz CT molecular complexity index is 524. The van der Waals surface area contributed by atoms with Crippen LogP contribution in [0.4, 0.5) is 0 Å². The molecule has 5 nitrogen and oxygen atoms in total. The first-order valence-corrected chi connectivity index (χ1v) is 10.9. The third-order valence-corrected chi connectivity index (χ3v) is 4.53. The van der Waals surface area contributed by atoms with E-state index >= 15 is 0 Å². The summed E-state index contributed by atoms with van der Waals surface area (Å²) in [6.07, 6.45) is 6.55. The van der Waals surface area contributed by atoms with Crippen molar-refractivity contribution in [3.05, 3.63) is 23.8 Å². The maximum atomic E-state index is 5.64. The molecule has 0 bridgehead atoms. The Labute approximate surface area is 163 Å². The summed E-state index contributed by atoms with van der Waals surface area (Å²) < 4.78 is 11.0. The van der Waals surface area contributed by atoms with Gasteiger partial charge in [0.1, 0.15) is 0 Å². The molecule has 2 N–H and O–H groups in total. The van der Waals surface area contributed by atoms with E-state index in [2.05, 4.69) is 40.9 Å². The number of benzene rings is 1. The Hall–Kier alpha value is -1.56. The van der Waals surface area contributed by atoms with Crippen molar-refractivity contribution in [2.45, 2.75) is 39.5 Å². The summed E-state index contributed by atoms with van der Waals surface area (Å²) >= 11 is 1.90. The van der Waals surface area contributed by atoms with Crippen molar-refractivity contribution in [1.29, 1.82) is 0 Å². The molecule has 0 aliphatic rings. The standard InChI is InChI=1S/C20H35N3O2S/c1-5-21-20(22-13-7-8-15-26-4)23-14-9-10-17-11-12-18(24-3)19(16-17)25-6-2/h11-12,16H,5-10,13-15H2,1-4H3,(H2,21,22,23). The third-order valence-electron chi connectivity index (χ3n) is 3.83.